The minimum absolute atomic E-state index is 0.00541. The number of allylic oxidation sites excluding steroid dienone is 1. The van der Waals surface area contributed by atoms with Gasteiger partial charge >= 0.3 is 0 Å². The first-order chi connectivity index (χ1) is 14.7. The molecule has 6 rings (SSSR count). The lowest BCUT2D eigenvalue weighted by Crippen LogP contribution is -2.68. The van der Waals surface area contributed by atoms with E-state index in [9.17, 15) is 0 Å². The Morgan fingerprint density at radius 2 is 1.47 bits per heavy atom. The molecule has 6 heteroatoms. The van der Waals surface area contributed by atoms with Crippen LogP contribution in [0.2, 0.25) is 31.2 Å². The van der Waals surface area contributed by atoms with Gasteiger partial charge in [-0.15, -0.1) is 18.9 Å². The number of rotatable bonds is 4. The van der Waals surface area contributed by atoms with Crippen LogP contribution in [0.5, 0.6) is 0 Å². The maximum Gasteiger partial charge on any atom is 0.164 e. The van der Waals surface area contributed by atoms with Gasteiger partial charge in [0.1, 0.15) is 14.2 Å². The molecule has 4 nitrogen and oxygen atoms in total. The first kappa shape index (κ1) is 23.0. The van der Waals surface area contributed by atoms with E-state index in [4.69, 9.17) is 18.9 Å². The van der Waals surface area contributed by atoms with Gasteiger partial charge in [0.2, 0.25) is 0 Å². The molecule has 0 amide bonds. The van der Waals surface area contributed by atoms with E-state index in [-0.39, 0.29) is 41.3 Å². The van der Waals surface area contributed by atoms with E-state index in [0.717, 1.165) is 0 Å². The molecule has 2 saturated heterocycles. The van der Waals surface area contributed by atoms with Crippen LogP contribution in [0.25, 0.3) is 0 Å². The molecule has 0 aromatic carbocycles. The molecule has 0 aromatic rings. The zero-order valence-electron chi connectivity index (χ0n) is 21.0. The monoisotopic (exact) mass is 472 g/mol. The Balaban J connectivity index is 1.75. The second kappa shape index (κ2) is 6.67. The van der Waals surface area contributed by atoms with E-state index in [0.29, 0.717) is 5.92 Å². The van der Waals surface area contributed by atoms with Gasteiger partial charge in [0.15, 0.2) is 11.6 Å². The summed E-state index contributed by atoms with van der Waals surface area (Å²) in [4.78, 5) is 0. The third kappa shape index (κ3) is 2.86. The van der Waals surface area contributed by atoms with Crippen molar-refractivity contribution in [1.29, 1.82) is 0 Å². The Morgan fingerprint density at radius 1 is 0.844 bits per heavy atom. The molecule has 2 aliphatic heterocycles. The van der Waals surface area contributed by atoms with Gasteiger partial charge in [0.05, 0.1) is 26.4 Å². The van der Waals surface area contributed by atoms with Gasteiger partial charge in [-0.25, -0.2) is 0 Å². The van der Waals surface area contributed by atoms with Crippen molar-refractivity contribution >= 4 is 16.1 Å². The van der Waals surface area contributed by atoms with Crippen molar-refractivity contribution in [3.63, 3.8) is 0 Å². The van der Waals surface area contributed by atoms with Crippen molar-refractivity contribution in [2.75, 3.05) is 0 Å². The highest BCUT2D eigenvalue weighted by molar-refractivity contribution is 6.89. The lowest BCUT2D eigenvalue weighted by atomic mass is 9.55. The average molecular weight is 473 g/mol. The summed E-state index contributed by atoms with van der Waals surface area (Å²) in [6.07, 6.45) is 7.52. The summed E-state index contributed by atoms with van der Waals surface area (Å²) in [6.45, 7) is 26.4. The van der Waals surface area contributed by atoms with Gasteiger partial charge in [-0.3, -0.25) is 0 Å². The molecule has 6 aliphatic rings. The van der Waals surface area contributed by atoms with Crippen molar-refractivity contribution in [3.05, 3.63) is 48.0 Å². The lowest BCUT2D eigenvalue weighted by molar-refractivity contribution is -0.159. The molecule has 0 N–H and O–H groups in total. The van der Waals surface area contributed by atoms with Gasteiger partial charge in [-0.2, -0.15) is 0 Å². The molecular weight excluding hydrogens is 432 g/mol. The van der Waals surface area contributed by atoms with E-state index in [2.05, 4.69) is 96.7 Å². The molecule has 32 heavy (non-hydrogen) atoms. The van der Waals surface area contributed by atoms with Crippen LogP contribution >= 0.6 is 0 Å². The highest BCUT2D eigenvalue weighted by Gasteiger charge is 2.73. The molecule has 6 unspecified atom stereocenters. The fraction of sp³-hybridized carbons (Fsp3) is 0.692. The largest absolute Gasteiger partial charge is 0.344 e. The first-order valence-electron chi connectivity index (χ1n) is 12.1. The van der Waals surface area contributed by atoms with Crippen LogP contribution in [0.4, 0.5) is 0 Å². The van der Waals surface area contributed by atoms with E-state index in [1.165, 1.54) is 5.20 Å². The molecule has 1 saturated carbocycles. The number of ether oxygens (including phenoxy) is 4. The highest BCUT2D eigenvalue weighted by atomic mass is 28.3. The molecule has 2 bridgehead atoms. The fourth-order valence-corrected chi connectivity index (χ4v) is 12.2. The predicted molar refractivity (Wildman–Crippen MR) is 133 cm³/mol. The van der Waals surface area contributed by atoms with E-state index in [1.54, 1.807) is 0 Å². The fourth-order valence-electron chi connectivity index (χ4n) is 7.31. The summed E-state index contributed by atoms with van der Waals surface area (Å²) >= 11 is 0. The smallest absolute Gasteiger partial charge is 0.164 e. The SMILES string of the molecule is C=C[Si](C)(C)C1=CC2C3C=CC([Si](C)(C)C=C)(C4OC(C)(C)OC34)C2[C@@H]2OC(C)(C)O[C@H]12. The summed E-state index contributed by atoms with van der Waals surface area (Å²) in [5.74, 6) is -0.298. The van der Waals surface area contributed by atoms with Crippen molar-refractivity contribution in [3.8, 4) is 0 Å². The summed E-state index contributed by atoms with van der Waals surface area (Å²) in [7, 11) is -3.88. The van der Waals surface area contributed by atoms with Gasteiger partial charge in [0.25, 0.3) is 0 Å². The van der Waals surface area contributed by atoms with Gasteiger partial charge in [-0.1, -0.05) is 50.1 Å². The summed E-state index contributed by atoms with van der Waals surface area (Å²) in [5, 5.41) is 1.26. The van der Waals surface area contributed by atoms with Gasteiger partial charge in [-0.05, 0) is 38.8 Å². The molecule has 3 fully saturated rings. The topological polar surface area (TPSA) is 36.9 Å². The summed E-state index contributed by atoms with van der Waals surface area (Å²) in [6, 6.07) is 0. The van der Waals surface area contributed by atoms with Crippen molar-refractivity contribution in [2.24, 2.45) is 17.8 Å². The Bertz CT molecular complexity index is 917. The van der Waals surface area contributed by atoms with Crippen LogP contribution in [0.1, 0.15) is 27.7 Å². The van der Waals surface area contributed by atoms with Crippen molar-refractivity contribution in [1.82, 2.24) is 0 Å². The number of fused-ring (bicyclic) bond motifs is 1. The summed E-state index contributed by atoms with van der Waals surface area (Å²) < 4.78 is 26.8. The van der Waals surface area contributed by atoms with Gasteiger partial charge in [0, 0.05) is 16.9 Å². The Labute approximate surface area is 195 Å². The van der Waals surface area contributed by atoms with Gasteiger partial charge < -0.3 is 18.9 Å². The Morgan fingerprint density at radius 3 is 2.09 bits per heavy atom. The van der Waals surface area contributed by atoms with Crippen molar-refractivity contribution < 1.29 is 18.9 Å². The zero-order valence-corrected chi connectivity index (χ0v) is 23.0. The molecule has 176 valence electrons. The predicted octanol–water partition coefficient (Wildman–Crippen LogP) is 5.55. The Hall–Kier alpha value is -0.766. The maximum absolute atomic E-state index is 6.79. The lowest BCUT2D eigenvalue weighted by Gasteiger charge is -2.64. The van der Waals surface area contributed by atoms with E-state index in [1.807, 2.05) is 0 Å². The molecule has 0 aromatic heterocycles. The highest BCUT2D eigenvalue weighted by Crippen LogP contribution is 2.70. The average Bonchev–Trinajstić information content (AvgIpc) is 3.21. The second-order valence-electron chi connectivity index (χ2n) is 12.5. The summed E-state index contributed by atoms with van der Waals surface area (Å²) in [5.41, 5.74) is 4.42. The van der Waals surface area contributed by atoms with Crippen LogP contribution in [0, 0.1) is 17.8 Å². The van der Waals surface area contributed by atoms with Crippen LogP contribution in [0.15, 0.2) is 48.0 Å². The molecule has 2 heterocycles. The number of hydrogen-bond donors (Lipinski definition) is 0. The van der Waals surface area contributed by atoms with E-state index < -0.39 is 27.7 Å². The van der Waals surface area contributed by atoms with Crippen LogP contribution < -0.4 is 0 Å². The molecule has 8 atom stereocenters. The molecule has 0 spiro atoms. The van der Waals surface area contributed by atoms with Crippen LogP contribution in [-0.4, -0.2) is 52.1 Å². The minimum Gasteiger partial charge on any atom is -0.344 e. The van der Waals surface area contributed by atoms with Crippen molar-refractivity contribution in [2.45, 2.75) is 94.9 Å². The first-order valence-corrected chi connectivity index (χ1v) is 18.3. The van der Waals surface area contributed by atoms with E-state index >= 15 is 0 Å². The quantitative estimate of drug-likeness (QED) is 0.397. The molecule has 0 radical (unpaired) electrons. The molecule has 4 aliphatic carbocycles. The minimum atomic E-state index is -2.03. The normalized spacial score (nSPS) is 45.6. The second-order valence-corrected chi connectivity index (χ2v) is 21.6. The molecular formula is C26H40O4Si2. The zero-order chi connectivity index (χ0) is 23.5. The third-order valence-corrected chi connectivity index (χ3v) is 16.0. The van der Waals surface area contributed by atoms with Crippen LogP contribution in [0.3, 0.4) is 0 Å². The third-order valence-electron chi connectivity index (χ3n) is 9.03. The van der Waals surface area contributed by atoms with Crippen LogP contribution in [-0.2, 0) is 18.9 Å². The Kier molecular flexibility index (Phi) is 4.79. The standard InChI is InChI=1S/C26H40O4Si2/c1-11-31(7,8)18-15-17-16-13-14-26(32(9,10)12-2,23-20(16)27-25(5,6)30-23)19(17)22-21(18)28-24(3,4)29-22/h11-17,19-23H,1-2H2,3-10H3/t16?,17?,19?,20?,21-,22+,23?,26?/m1/s1. The number of hydrogen-bond acceptors (Lipinski definition) is 4. The maximum atomic E-state index is 6.79.